The summed E-state index contributed by atoms with van der Waals surface area (Å²) in [6.07, 6.45) is 1.70. The summed E-state index contributed by atoms with van der Waals surface area (Å²) in [6, 6.07) is 59.1. The monoisotopic (exact) mass is 1060 g/mol. The van der Waals surface area contributed by atoms with Gasteiger partial charge in [-0.3, -0.25) is 9.37 Å². The molecule has 0 aliphatic carbocycles. The number of para-hydroxylation sites is 2. The first-order chi connectivity index (χ1) is 31.4. The van der Waals surface area contributed by atoms with Crippen LogP contribution in [0, 0.1) is 29.3 Å². The standard InChI is InChI=1S/C47H42N3OSi.C11H7FN.Ir/c1-29(2)38-24-33(31-20-22-35(23-21-31)52(5,6)7)25-39(30(3)4)45(38)50-43-19-12-11-18-42(43)49-47(50)37-17-13-16-36-41-26-34(28-48)40(27-44(41)51-46(36)37)32-14-9-8-10-15-32;12-10-6-4-9(5-7-10)11-3-1-2-8-13-11;/h8-16,18-27,29-30H,1-7H3;1-4,6-8H;/q2*-1;. The average molecular weight is 1060 g/mol. The molecule has 10 aromatic rings. The fraction of sp³-hybridized carbons (Fsp3) is 0.155. The summed E-state index contributed by atoms with van der Waals surface area (Å²) < 4.78 is 21.7. The van der Waals surface area contributed by atoms with Crippen molar-refractivity contribution >= 4 is 46.2 Å². The average Bonchev–Trinajstić information content (AvgIpc) is 3.89. The zero-order valence-electron chi connectivity index (χ0n) is 38.1. The maximum Gasteiger partial charge on any atom is 0.121 e. The van der Waals surface area contributed by atoms with Crippen LogP contribution in [0.5, 0.6) is 0 Å². The molecule has 3 aromatic heterocycles. The SMILES string of the molecule is CC(C)c1cc(-c2ccc([Si](C)(C)C)cc2)cc(C(C)C)c1-n1c(-c2[c-]ccc3c2oc2cc(-c4ccccc4)c(C#N)cc23)nc2ccccc21.Fc1c[c-]c(-c2ccccn2)cc1.[Ir]. The van der Waals surface area contributed by atoms with E-state index in [0.717, 1.165) is 66.8 Å². The van der Waals surface area contributed by atoms with Crippen molar-refractivity contribution in [3.63, 3.8) is 0 Å². The number of fused-ring (bicyclic) bond motifs is 4. The number of nitrogens with zero attached hydrogens (tertiary/aromatic N) is 4. The first-order valence-electron chi connectivity index (χ1n) is 22.1. The molecule has 1 radical (unpaired) electrons. The molecule has 0 bridgehead atoms. The van der Waals surface area contributed by atoms with Crippen LogP contribution in [0.4, 0.5) is 4.39 Å². The molecule has 0 unspecified atom stereocenters. The predicted octanol–water partition coefficient (Wildman–Crippen LogP) is 15.1. The van der Waals surface area contributed by atoms with E-state index in [4.69, 9.17) is 9.40 Å². The number of pyridine rings is 1. The molecular formula is C58H49FIrN4OSi-2. The van der Waals surface area contributed by atoms with Crippen LogP contribution in [-0.4, -0.2) is 22.6 Å². The Morgan fingerprint density at radius 3 is 2.05 bits per heavy atom. The molecule has 10 rings (SSSR count). The molecule has 0 saturated carbocycles. The third-order valence-electron chi connectivity index (χ3n) is 12.0. The Hall–Kier alpha value is -6.75. The third-order valence-corrected chi connectivity index (χ3v) is 14.1. The summed E-state index contributed by atoms with van der Waals surface area (Å²) in [6.45, 7) is 16.3. The molecule has 0 atom stereocenters. The largest absolute Gasteiger partial charge is 0.501 e. The van der Waals surface area contributed by atoms with Gasteiger partial charge in [-0.05, 0) is 87.8 Å². The zero-order valence-corrected chi connectivity index (χ0v) is 41.5. The van der Waals surface area contributed by atoms with E-state index in [1.807, 2.05) is 78.9 Å². The molecule has 0 fully saturated rings. The molecule has 329 valence electrons. The van der Waals surface area contributed by atoms with Crippen molar-refractivity contribution in [2.45, 2.75) is 59.2 Å². The van der Waals surface area contributed by atoms with Crippen LogP contribution in [0.15, 0.2) is 162 Å². The fourth-order valence-corrected chi connectivity index (χ4v) is 9.72. The van der Waals surface area contributed by atoms with Crippen molar-refractivity contribution in [3.8, 4) is 56.7 Å². The van der Waals surface area contributed by atoms with E-state index in [-0.39, 0.29) is 37.8 Å². The summed E-state index contributed by atoms with van der Waals surface area (Å²) >= 11 is 0. The van der Waals surface area contributed by atoms with Gasteiger partial charge in [-0.1, -0.05) is 142 Å². The molecule has 0 aliphatic rings. The van der Waals surface area contributed by atoms with Gasteiger partial charge in [0.05, 0.1) is 42.1 Å². The van der Waals surface area contributed by atoms with Gasteiger partial charge in [0.1, 0.15) is 5.58 Å². The molecule has 5 nitrogen and oxygen atoms in total. The van der Waals surface area contributed by atoms with Crippen LogP contribution in [0.25, 0.3) is 83.6 Å². The third kappa shape index (κ3) is 8.95. The van der Waals surface area contributed by atoms with E-state index in [1.165, 1.54) is 39.6 Å². The Morgan fingerprint density at radius 2 is 1.41 bits per heavy atom. The van der Waals surface area contributed by atoms with Crippen LogP contribution < -0.4 is 5.19 Å². The summed E-state index contributed by atoms with van der Waals surface area (Å²) in [7, 11) is -1.41. The number of benzene rings is 7. The number of aromatic nitrogens is 3. The molecular weight excluding hydrogens is 1010 g/mol. The van der Waals surface area contributed by atoms with E-state index in [9.17, 15) is 9.65 Å². The Kier molecular flexibility index (Phi) is 13.2. The minimum Gasteiger partial charge on any atom is -0.501 e. The number of furan rings is 1. The maximum atomic E-state index is 12.6. The number of halogens is 1. The van der Waals surface area contributed by atoms with Crippen molar-refractivity contribution in [3.05, 3.63) is 192 Å². The van der Waals surface area contributed by atoms with Gasteiger partial charge in [0.2, 0.25) is 0 Å². The van der Waals surface area contributed by atoms with E-state index in [2.05, 4.69) is 130 Å². The molecule has 0 spiro atoms. The van der Waals surface area contributed by atoms with Crippen LogP contribution in [0.2, 0.25) is 19.6 Å². The van der Waals surface area contributed by atoms with Crippen molar-refractivity contribution in [1.82, 2.24) is 14.5 Å². The van der Waals surface area contributed by atoms with E-state index in [0.29, 0.717) is 11.1 Å². The predicted molar refractivity (Wildman–Crippen MR) is 268 cm³/mol. The first-order valence-corrected chi connectivity index (χ1v) is 25.6. The molecule has 0 aliphatic heterocycles. The number of hydrogen-bond donors (Lipinski definition) is 0. The second kappa shape index (κ2) is 19.0. The molecule has 7 aromatic carbocycles. The van der Waals surface area contributed by atoms with Crippen molar-refractivity contribution in [2.24, 2.45) is 0 Å². The van der Waals surface area contributed by atoms with E-state index < -0.39 is 8.07 Å². The zero-order chi connectivity index (χ0) is 45.4. The van der Waals surface area contributed by atoms with Crippen LogP contribution in [-0.2, 0) is 20.1 Å². The van der Waals surface area contributed by atoms with E-state index >= 15 is 0 Å². The van der Waals surface area contributed by atoms with Crippen molar-refractivity contribution in [1.29, 1.82) is 5.26 Å². The summed E-state index contributed by atoms with van der Waals surface area (Å²) in [5.41, 5.74) is 14.4. The van der Waals surface area contributed by atoms with Crippen molar-refractivity contribution < 1.29 is 28.9 Å². The van der Waals surface area contributed by atoms with Gasteiger partial charge in [-0.25, -0.2) is 0 Å². The van der Waals surface area contributed by atoms with Crippen LogP contribution >= 0.6 is 0 Å². The Labute approximate surface area is 401 Å². The van der Waals surface area contributed by atoms with Gasteiger partial charge in [0, 0.05) is 48.8 Å². The van der Waals surface area contributed by atoms with Crippen LogP contribution in [0.1, 0.15) is 56.2 Å². The Bertz CT molecular complexity index is 3340. The number of nitriles is 1. The van der Waals surface area contributed by atoms with Crippen molar-refractivity contribution in [2.75, 3.05) is 0 Å². The minimum absolute atomic E-state index is 0. The number of hydrogen-bond acceptors (Lipinski definition) is 4. The van der Waals surface area contributed by atoms with Crippen LogP contribution in [0.3, 0.4) is 0 Å². The fourth-order valence-electron chi connectivity index (χ4n) is 8.56. The quantitative estimate of drug-likeness (QED) is 0.112. The number of imidazole rings is 1. The van der Waals surface area contributed by atoms with Gasteiger partial charge in [0.25, 0.3) is 0 Å². The summed E-state index contributed by atoms with van der Waals surface area (Å²) in [4.78, 5) is 9.44. The maximum absolute atomic E-state index is 12.6. The normalized spacial score (nSPS) is 11.5. The van der Waals surface area contributed by atoms with E-state index in [1.54, 1.807) is 12.3 Å². The number of rotatable bonds is 8. The molecule has 8 heteroatoms. The second-order valence-electron chi connectivity index (χ2n) is 18.1. The first kappa shape index (κ1) is 45.8. The molecule has 3 heterocycles. The smallest absolute Gasteiger partial charge is 0.121 e. The summed E-state index contributed by atoms with van der Waals surface area (Å²) in [5, 5.41) is 13.5. The molecule has 0 N–H and O–H groups in total. The Morgan fingerprint density at radius 1 is 0.712 bits per heavy atom. The molecule has 0 amide bonds. The van der Waals surface area contributed by atoms with Gasteiger partial charge in [0.15, 0.2) is 0 Å². The molecule has 0 saturated heterocycles. The Balaban J connectivity index is 0.000000363. The topological polar surface area (TPSA) is 67.6 Å². The van der Waals surface area contributed by atoms with Gasteiger partial charge in [-0.2, -0.15) is 5.26 Å². The second-order valence-corrected chi connectivity index (χ2v) is 23.2. The summed E-state index contributed by atoms with van der Waals surface area (Å²) in [5.74, 6) is 0.995. The molecule has 66 heavy (non-hydrogen) atoms. The van der Waals surface area contributed by atoms with Gasteiger partial charge >= 0.3 is 0 Å². The van der Waals surface area contributed by atoms with Gasteiger partial charge in [-0.15, -0.1) is 48.0 Å². The van der Waals surface area contributed by atoms with Gasteiger partial charge < -0.3 is 14.0 Å². The minimum atomic E-state index is -1.41.